The summed E-state index contributed by atoms with van der Waals surface area (Å²) in [5.74, 6) is 0. The highest BCUT2D eigenvalue weighted by Gasteiger charge is 2.25. The SMILES string of the molecule is C=C.C=C1/C=C(c2ccc3c(c2)[nH]c2ccccc23)\C=C/CN(N/C(=C2/SC(c3ccccc3)=CC2=N)c2ccccc2)c2cc3ccccc3cc21.CC. The third-order valence-electron chi connectivity index (χ3n) is 9.58. The fraction of sp³-hybridized carbons (Fsp3) is 0.0600. The predicted molar refractivity (Wildman–Crippen MR) is 242 cm³/mol. The summed E-state index contributed by atoms with van der Waals surface area (Å²) < 4.78 is 0. The van der Waals surface area contributed by atoms with E-state index in [4.69, 9.17) is 5.41 Å². The van der Waals surface area contributed by atoms with E-state index in [-0.39, 0.29) is 0 Å². The van der Waals surface area contributed by atoms with E-state index in [9.17, 15) is 0 Å². The van der Waals surface area contributed by atoms with Gasteiger partial charge in [0.05, 0.1) is 28.5 Å². The van der Waals surface area contributed by atoms with E-state index in [0.717, 1.165) is 76.4 Å². The minimum atomic E-state index is 0.490. The van der Waals surface area contributed by atoms with E-state index >= 15 is 0 Å². The summed E-state index contributed by atoms with van der Waals surface area (Å²) in [5, 5.41) is 16.1. The number of hydrazine groups is 1. The summed E-state index contributed by atoms with van der Waals surface area (Å²) in [4.78, 5) is 5.56. The zero-order valence-corrected chi connectivity index (χ0v) is 32.1. The Labute approximate surface area is 328 Å². The highest BCUT2D eigenvalue weighted by molar-refractivity contribution is 8.13. The van der Waals surface area contributed by atoms with Crippen LogP contribution in [-0.4, -0.2) is 17.2 Å². The minimum absolute atomic E-state index is 0.490. The molecule has 0 fully saturated rings. The van der Waals surface area contributed by atoms with Gasteiger partial charge in [-0.3, -0.25) is 15.8 Å². The predicted octanol–water partition coefficient (Wildman–Crippen LogP) is 13.5. The molecule has 9 rings (SSSR count). The van der Waals surface area contributed by atoms with Crippen LogP contribution in [-0.2, 0) is 0 Å². The van der Waals surface area contributed by atoms with Crippen LogP contribution in [0.1, 0.15) is 36.1 Å². The number of rotatable bonds is 5. The molecule has 2 aliphatic rings. The minimum Gasteiger partial charge on any atom is -0.354 e. The Morgan fingerprint density at radius 3 is 2.13 bits per heavy atom. The molecule has 0 atom stereocenters. The molecule has 7 aromatic rings. The van der Waals surface area contributed by atoms with Crippen molar-refractivity contribution in [1.29, 1.82) is 5.41 Å². The molecule has 0 bridgehead atoms. The number of fused-ring (bicyclic) bond motifs is 5. The second-order valence-electron chi connectivity index (χ2n) is 12.9. The Morgan fingerprint density at radius 2 is 1.36 bits per heavy atom. The molecule has 0 spiro atoms. The summed E-state index contributed by atoms with van der Waals surface area (Å²) >= 11 is 1.64. The third kappa shape index (κ3) is 7.48. The second-order valence-corrected chi connectivity index (χ2v) is 13.9. The lowest BCUT2D eigenvalue weighted by Gasteiger charge is -2.30. The molecule has 0 unspecified atom stereocenters. The van der Waals surface area contributed by atoms with E-state index < -0.39 is 0 Å². The number of aromatic amines is 1. The number of nitrogens with one attached hydrogen (secondary N) is 3. The molecule has 0 saturated heterocycles. The quantitative estimate of drug-likeness (QED) is 0.154. The van der Waals surface area contributed by atoms with Gasteiger partial charge in [-0.2, -0.15) is 0 Å². The van der Waals surface area contributed by atoms with Gasteiger partial charge in [0.25, 0.3) is 0 Å². The van der Waals surface area contributed by atoms with Crippen LogP contribution in [0.15, 0.2) is 188 Å². The Bertz CT molecular complexity index is 2660. The van der Waals surface area contributed by atoms with Crippen LogP contribution in [0.5, 0.6) is 0 Å². The standard InChI is InChI=1S/C46H34N4S.C2H6.C2H4/c1-30-25-33(36-22-23-38-37-20-10-11-21-41(37)48-42(38)27-36)19-12-24-50(43-28-35-18-9-8-17-34(35)26-39(30)43)49-45(32-15-6-3-7-16-32)46-40(47)29-44(51-46)31-13-4-2-5-14-31;2*1-2/h2-23,25-29,47-49H,1,24H2;1-2H3;1-2H2/b19-12-,33-25+,46-45+,47-40?;;. The Morgan fingerprint density at radius 1 is 0.709 bits per heavy atom. The molecule has 55 heavy (non-hydrogen) atoms. The first-order chi connectivity index (χ1) is 27.1. The molecule has 0 amide bonds. The van der Waals surface area contributed by atoms with Gasteiger partial charge < -0.3 is 4.98 Å². The maximum absolute atomic E-state index is 9.14. The monoisotopic (exact) mass is 732 g/mol. The van der Waals surface area contributed by atoms with E-state index in [0.29, 0.717) is 12.3 Å². The fourth-order valence-electron chi connectivity index (χ4n) is 7.03. The van der Waals surface area contributed by atoms with E-state index in [1.807, 2.05) is 56.3 Å². The molecule has 2 aliphatic heterocycles. The van der Waals surface area contributed by atoms with Gasteiger partial charge in [0.15, 0.2) is 0 Å². The zero-order chi connectivity index (χ0) is 38.3. The van der Waals surface area contributed by atoms with Gasteiger partial charge in [-0.05, 0) is 69.5 Å². The molecule has 3 heterocycles. The normalized spacial score (nSPS) is 16.3. The molecule has 0 aliphatic carbocycles. The molecule has 3 N–H and O–H groups in total. The van der Waals surface area contributed by atoms with Gasteiger partial charge >= 0.3 is 0 Å². The van der Waals surface area contributed by atoms with Crippen LogP contribution < -0.4 is 10.4 Å². The van der Waals surface area contributed by atoms with Crippen molar-refractivity contribution >= 4 is 77.5 Å². The number of nitrogens with zero attached hydrogens (tertiary/aromatic N) is 1. The van der Waals surface area contributed by atoms with Crippen molar-refractivity contribution in [2.45, 2.75) is 13.8 Å². The van der Waals surface area contributed by atoms with Gasteiger partial charge in [-0.25, -0.2) is 0 Å². The molecule has 4 nitrogen and oxygen atoms in total. The lowest BCUT2D eigenvalue weighted by atomic mass is 9.96. The van der Waals surface area contributed by atoms with Crippen molar-refractivity contribution in [3.63, 3.8) is 0 Å². The topological polar surface area (TPSA) is 54.9 Å². The van der Waals surface area contributed by atoms with Crippen molar-refractivity contribution < 1.29 is 0 Å². The van der Waals surface area contributed by atoms with Gasteiger partial charge in [0.2, 0.25) is 0 Å². The molecule has 0 saturated carbocycles. The van der Waals surface area contributed by atoms with Crippen LogP contribution in [0.3, 0.4) is 0 Å². The number of hydrogen-bond acceptors (Lipinski definition) is 4. The molecule has 0 radical (unpaired) electrons. The number of hydrogen-bond donors (Lipinski definition) is 3. The van der Waals surface area contributed by atoms with Gasteiger partial charge in [-0.1, -0.05) is 160 Å². The number of H-pyrrole nitrogens is 1. The summed E-state index contributed by atoms with van der Waals surface area (Å²) in [6, 6.07) is 48.8. The van der Waals surface area contributed by atoms with Crippen molar-refractivity contribution in [1.82, 2.24) is 10.4 Å². The molecular formula is C50H44N4S. The van der Waals surface area contributed by atoms with Crippen LogP contribution in [0.2, 0.25) is 0 Å². The Hall–Kier alpha value is -6.56. The van der Waals surface area contributed by atoms with Crippen molar-refractivity contribution in [2.24, 2.45) is 0 Å². The number of anilines is 1. The smallest absolute Gasteiger partial charge is 0.0775 e. The lowest BCUT2D eigenvalue weighted by Crippen LogP contribution is -2.38. The molecule has 5 heteroatoms. The van der Waals surface area contributed by atoms with Gasteiger partial charge in [0, 0.05) is 37.8 Å². The number of aromatic nitrogens is 1. The lowest BCUT2D eigenvalue weighted by molar-refractivity contribution is 0.807. The van der Waals surface area contributed by atoms with Crippen LogP contribution in [0.4, 0.5) is 5.69 Å². The summed E-state index contributed by atoms with van der Waals surface area (Å²) in [6.07, 6.45) is 8.58. The maximum atomic E-state index is 9.14. The highest BCUT2D eigenvalue weighted by Crippen LogP contribution is 2.44. The average molecular weight is 733 g/mol. The van der Waals surface area contributed by atoms with E-state index in [2.05, 4.69) is 157 Å². The van der Waals surface area contributed by atoms with E-state index in [1.54, 1.807) is 11.8 Å². The van der Waals surface area contributed by atoms with Gasteiger partial charge in [0.1, 0.15) is 0 Å². The summed E-state index contributed by atoms with van der Waals surface area (Å²) in [7, 11) is 0. The van der Waals surface area contributed by atoms with Gasteiger partial charge in [-0.15, -0.1) is 13.2 Å². The third-order valence-corrected chi connectivity index (χ3v) is 10.8. The second kappa shape index (κ2) is 16.6. The largest absolute Gasteiger partial charge is 0.354 e. The van der Waals surface area contributed by atoms with Crippen LogP contribution >= 0.6 is 11.8 Å². The van der Waals surface area contributed by atoms with Crippen LogP contribution in [0.25, 0.3) is 54.3 Å². The first-order valence-corrected chi connectivity index (χ1v) is 19.4. The first-order valence-electron chi connectivity index (χ1n) is 18.6. The number of para-hydroxylation sites is 1. The molecule has 6 aromatic carbocycles. The summed E-state index contributed by atoms with van der Waals surface area (Å²) in [6.45, 7) is 15.2. The number of allylic oxidation sites excluding steroid dienone is 6. The molecule has 1 aromatic heterocycles. The summed E-state index contributed by atoms with van der Waals surface area (Å²) in [5.41, 5.74) is 14.8. The number of benzene rings is 6. The zero-order valence-electron chi connectivity index (χ0n) is 31.3. The molecular weight excluding hydrogens is 689 g/mol. The van der Waals surface area contributed by atoms with Crippen LogP contribution in [0, 0.1) is 5.41 Å². The highest BCUT2D eigenvalue weighted by atomic mass is 32.2. The maximum Gasteiger partial charge on any atom is 0.0775 e. The first kappa shape index (κ1) is 36.8. The molecule has 270 valence electrons. The fourth-order valence-corrected chi connectivity index (χ4v) is 8.12. The van der Waals surface area contributed by atoms with Crippen molar-refractivity contribution in [2.75, 3.05) is 11.6 Å². The van der Waals surface area contributed by atoms with Crippen molar-refractivity contribution in [3.05, 3.63) is 211 Å². The Kier molecular flexibility index (Phi) is 11.1. The average Bonchev–Trinajstić information content (AvgIpc) is 3.84. The number of thioether (sulfide) groups is 1. The van der Waals surface area contributed by atoms with E-state index in [1.165, 1.54) is 10.8 Å². The van der Waals surface area contributed by atoms with Crippen molar-refractivity contribution in [3.8, 4) is 0 Å². The Balaban J connectivity index is 0.00000113.